The Morgan fingerprint density at radius 2 is 1.93 bits per heavy atom. The molecule has 2 aromatic heterocycles. The number of alkyl halides is 3. The third kappa shape index (κ3) is 4.88. The lowest BCUT2D eigenvalue weighted by Crippen LogP contribution is -2.39. The van der Waals surface area contributed by atoms with Gasteiger partial charge >= 0.3 is 6.18 Å². The van der Waals surface area contributed by atoms with Crippen LogP contribution >= 0.6 is 0 Å². The Balaban J connectivity index is 1.30. The first-order valence-corrected chi connectivity index (χ1v) is 9.47. The maximum Gasteiger partial charge on any atom is 0.416 e. The zero-order chi connectivity index (χ0) is 21.0. The van der Waals surface area contributed by atoms with Crippen LogP contribution in [-0.4, -0.2) is 46.5 Å². The third-order valence-corrected chi connectivity index (χ3v) is 4.70. The predicted molar refractivity (Wildman–Crippen MR) is 102 cm³/mol. The van der Waals surface area contributed by atoms with Crippen molar-refractivity contribution in [2.24, 2.45) is 0 Å². The second kappa shape index (κ2) is 8.70. The Hall–Kier alpha value is -3.14. The quantitative estimate of drug-likeness (QED) is 0.660. The van der Waals surface area contributed by atoms with E-state index in [2.05, 4.69) is 25.1 Å². The van der Waals surface area contributed by atoms with E-state index in [1.165, 1.54) is 12.1 Å². The zero-order valence-corrected chi connectivity index (χ0v) is 16.0. The summed E-state index contributed by atoms with van der Waals surface area (Å²) in [6, 6.07) is 8.33. The SMILES string of the molecule is FC(F)(F)c1ccc(OCCc2cc([C@H]3CN(c4ncccn4)CCO3)n[nH]2)cc1. The number of benzene rings is 1. The van der Waals surface area contributed by atoms with E-state index in [9.17, 15) is 13.2 Å². The molecule has 1 saturated heterocycles. The van der Waals surface area contributed by atoms with Gasteiger partial charge in [0.2, 0.25) is 5.95 Å². The maximum atomic E-state index is 12.6. The molecular formula is C20H20F3N5O2. The number of aromatic amines is 1. The topological polar surface area (TPSA) is 76.2 Å². The van der Waals surface area contributed by atoms with Crippen molar-refractivity contribution in [3.8, 4) is 5.75 Å². The molecule has 1 atom stereocenters. The van der Waals surface area contributed by atoms with Gasteiger partial charge in [-0.05, 0) is 36.4 Å². The number of anilines is 1. The van der Waals surface area contributed by atoms with Crippen LogP contribution in [0.15, 0.2) is 48.8 Å². The van der Waals surface area contributed by atoms with Gasteiger partial charge in [-0.15, -0.1) is 0 Å². The van der Waals surface area contributed by atoms with Crippen molar-refractivity contribution in [3.63, 3.8) is 0 Å². The molecule has 1 aliphatic rings. The Bertz CT molecular complexity index is 947. The van der Waals surface area contributed by atoms with Crippen LogP contribution in [0.25, 0.3) is 0 Å². The highest BCUT2D eigenvalue weighted by Gasteiger charge is 2.30. The van der Waals surface area contributed by atoms with Crippen molar-refractivity contribution in [1.29, 1.82) is 0 Å². The molecule has 158 valence electrons. The van der Waals surface area contributed by atoms with Crippen molar-refractivity contribution in [1.82, 2.24) is 20.2 Å². The van der Waals surface area contributed by atoms with Crippen LogP contribution in [0.3, 0.4) is 0 Å². The third-order valence-electron chi connectivity index (χ3n) is 4.70. The average Bonchev–Trinajstić information content (AvgIpc) is 3.23. The minimum absolute atomic E-state index is 0.205. The number of hydrogen-bond acceptors (Lipinski definition) is 6. The van der Waals surface area contributed by atoms with Crippen LogP contribution in [0, 0.1) is 0 Å². The molecule has 0 unspecified atom stereocenters. The minimum Gasteiger partial charge on any atom is -0.493 e. The van der Waals surface area contributed by atoms with E-state index >= 15 is 0 Å². The molecule has 1 fully saturated rings. The number of ether oxygens (including phenoxy) is 2. The van der Waals surface area contributed by atoms with Gasteiger partial charge in [-0.3, -0.25) is 5.10 Å². The molecule has 0 radical (unpaired) electrons. The van der Waals surface area contributed by atoms with Gasteiger partial charge in [-0.2, -0.15) is 18.3 Å². The number of morpholine rings is 1. The number of rotatable bonds is 6. The van der Waals surface area contributed by atoms with Gasteiger partial charge in [0.15, 0.2) is 0 Å². The van der Waals surface area contributed by atoms with Crippen molar-refractivity contribution >= 4 is 5.95 Å². The van der Waals surface area contributed by atoms with E-state index in [1.54, 1.807) is 18.5 Å². The van der Waals surface area contributed by atoms with Gasteiger partial charge in [0, 0.05) is 31.1 Å². The fraction of sp³-hybridized carbons (Fsp3) is 0.350. The lowest BCUT2D eigenvalue weighted by atomic mass is 10.2. The van der Waals surface area contributed by atoms with Gasteiger partial charge < -0.3 is 14.4 Å². The standard InChI is InChI=1S/C20H20F3N5O2/c21-20(22,23)14-2-4-16(5-3-14)29-10-6-15-12-17(27-26-15)18-13-28(9-11-30-18)19-24-7-1-8-25-19/h1-5,7-8,12,18H,6,9-11,13H2,(H,26,27)/t18-/m1/s1. The first-order chi connectivity index (χ1) is 14.5. The fourth-order valence-electron chi connectivity index (χ4n) is 3.16. The molecule has 4 rings (SSSR count). The first-order valence-electron chi connectivity index (χ1n) is 9.47. The van der Waals surface area contributed by atoms with Crippen molar-refractivity contribution in [3.05, 3.63) is 65.7 Å². The van der Waals surface area contributed by atoms with E-state index in [0.717, 1.165) is 23.5 Å². The molecule has 0 amide bonds. The highest BCUT2D eigenvalue weighted by atomic mass is 19.4. The summed E-state index contributed by atoms with van der Waals surface area (Å²) < 4.78 is 49.2. The fourth-order valence-corrected chi connectivity index (χ4v) is 3.16. The zero-order valence-electron chi connectivity index (χ0n) is 16.0. The summed E-state index contributed by atoms with van der Waals surface area (Å²) in [4.78, 5) is 10.6. The molecule has 0 bridgehead atoms. The van der Waals surface area contributed by atoms with E-state index < -0.39 is 11.7 Å². The molecule has 1 aliphatic heterocycles. The second-order valence-electron chi connectivity index (χ2n) is 6.79. The number of H-pyrrole nitrogens is 1. The normalized spacial score (nSPS) is 17.2. The first kappa shape index (κ1) is 20.1. The molecule has 10 heteroatoms. The van der Waals surface area contributed by atoms with E-state index in [-0.39, 0.29) is 6.10 Å². The summed E-state index contributed by atoms with van der Waals surface area (Å²) in [6.07, 6.45) is -0.615. The summed E-state index contributed by atoms with van der Waals surface area (Å²) in [5.74, 6) is 1.04. The van der Waals surface area contributed by atoms with E-state index in [0.29, 0.717) is 44.4 Å². The van der Waals surface area contributed by atoms with Crippen LogP contribution in [0.4, 0.5) is 19.1 Å². The van der Waals surface area contributed by atoms with Gasteiger partial charge in [0.25, 0.3) is 0 Å². The molecule has 0 saturated carbocycles. The highest BCUT2D eigenvalue weighted by Crippen LogP contribution is 2.30. The Kier molecular flexibility index (Phi) is 5.84. The number of nitrogens with one attached hydrogen (secondary N) is 1. The van der Waals surface area contributed by atoms with Crippen LogP contribution < -0.4 is 9.64 Å². The van der Waals surface area contributed by atoms with E-state index in [4.69, 9.17) is 9.47 Å². The van der Waals surface area contributed by atoms with Crippen molar-refractivity contribution in [2.45, 2.75) is 18.7 Å². The molecule has 1 N–H and O–H groups in total. The van der Waals surface area contributed by atoms with Gasteiger partial charge in [-0.25, -0.2) is 9.97 Å². The Morgan fingerprint density at radius 3 is 2.67 bits per heavy atom. The predicted octanol–water partition coefficient (Wildman–Crippen LogP) is 3.42. The monoisotopic (exact) mass is 419 g/mol. The molecular weight excluding hydrogens is 399 g/mol. The van der Waals surface area contributed by atoms with Gasteiger partial charge in [0.1, 0.15) is 11.9 Å². The lowest BCUT2D eigenvalue weighted by molar-refractivity contribution is -0.137. The number of nitrogens with zero attached hydrogens (tertiary/aromatic N) is 4. The lowest BCUT2D eigenvalue weighted by Gasteiger charge is -2.31. The van der Waals surface area contributed by atoms with Crippen LogP contribution in [0.2, 0.25) is 0 Å². The molecule has 7 nitrogen and oxygen atoms in total. The summed E-state index contributed by atoms with van der Waals surface area (Å²) in [6.45, 7) is 2.15. The van der Waals surface area contributed by atoms with Gasteiger partial charge in [-0.1, -0.05) is 0 Å². The maximum absolute atomic E-state index is 12.6. The number of halogens is 3. The molecule has 3 aromatic rings. The summed E-state index contributed by atoms with van der Waals surface area (Å²) in [5, 5.41) is 7.30. The van der Waals surface area contributed by atoms with Crippen LogP contribution in [0.1, 0.15) is 23.1 Å². The van der Waals surface area contributed by atoms with Gasteiger partial charge in [0.05, 0.1) is 31.0 Å². The number of aromatic nitrogens is 4. The Morgan fingerprint density at radius 1 is 1.17 bits per heavy atom. The largest absolute Gasteiger partial charge is 0.493 e. The van der Waals surface area contributed by atoms with Crippen molar-refractivity contribution in [2.75, 3.05) is 31.2 Å². The molecule has 0 aliphatic carbocycles. The average molecular weight is 419 g/mol. The summed E-state index contributed by atoms with van der Waals surface area (Å²) in [7, 11) is 0. The molecule has 1 aromatic carbocycles. The molecule has 3 heterocycles. The van der Waals surface area contributed by atoms with Crippen LogP contribution in [-0.2, 0) is 17.3 Å². The number of hydrogen-bond donors (Lipinski definition) is 1. The molecule has 30 heavy (non-hydrogen) atoms. The Labute approximate surface area is 170 Å². The molecule has 0 spiro atoms. The summed E-state index contributed by atoms with van der Waals surface area (Å²) >= 11 is 0. The van der Waals surface area contributed by atoms with Crippen molar-refractivity contribution < 1.29 is 22.6 Å². The van der Waals surface area contributed by atoms with E-state index in [1.807, 2.05) is 6.07 Å². The smallest absolute Gasteiger partial charge is 0.416 e. The second-order valence-corrected chi connectivity index (χ2v) is 6.79. The summed E-state index contributed by atoms with van der Waals surface area (Å²) in [5.41, 5.74) is 0.934. The van der Waals surface area contributed by atoms with Crippen LogP contribution in [0.5, 0.6) is 5.75 Å². The minimum atomic E-state index is -4.35. The highest BCUT2D eigenvalue weighted by molar-refractivity contribution is 5.31.